The van der Waals surface area contributed by atoms with Crippen molar-refractivity contribution in [1.29, 1.82) is 0 Å². The Morgan fingerprint density at radius 1 is 1.21 bits per heavy atom. The smallest absolute Gasteiger partial charge is 0.267 e. The normalized spacial score (nSPS) is 17.1. The van der Waals surface area contributed by atoms with Crippen LogP contribution in [0.4, 0.5) is 10.1 Å². The molecule has 33 heavy (non-hydrogen) atoms. The molecule has 10 heteroatoms. The van der Waals surface area contributed by atoms with E-state index in [0.29, 0.717) is 38.5 Å². The first kappa shape index (κ1) is 26.2. The van der Waals surface area contributed by atoms with Crippen molar-refractivity contribution in [1.82, 2.24) is 4.98 Å². The highest BCUT2D eigenvalue weighted by Crippen LogP contribution is 2.20. The SMILES string of the molecule is CC1CCC(C(=O)Nc2ccnc(C(N)=O)c2)O1.NCCCOCCOc1ccccc1F. The van der Waals surface area contributed by atoms with Gasteiger partial charge in [-0.2, -0.15) is 0 Å². The van der Waals surface area contributed by atoms with Gasteiger partial charge in [-0.25, -0.2) is 4.39 Å². The summed E-state index contributed by atoms with van der Waals surface area (Å²) in [6, 6.07) is 9.36. The summed E-state index contributed by atoms with van der Waals surface area (Å²) in [6.07, 6.45) is 3.53. The molecule has 1 saturated heterocycles. The second kappa shape index (κ2) is 14.1. The topological polar surface area (TPSA) is 139 Å². The van der Waals surface area contributed by atoms with E-state index in [-0.39, 0.29) is 29.3 Å². The van der Waals surface area contributed by atoms with Crippen LogP contribution in [0.5, 0.6) is 5.75 Å². The Bertz CT molecular complexity index is 899. The van der Waals surface area contributed by atoms with Gasteiger partial charge in [0, 0.05) is 18.5 Å². The molecule has 2 amide bonds. The van der Waals surface area contributed by atoms with Crippen molar-refractivity contribution in [2.24, 2.45) is 11.5 Å². The predicted octanol–water partition coefficient (Wildman–Crippen LogP) is 2.26. The van der Waals surface area contributed by atoms with Gasteiger partial charge >= 0.3 is 0 Å². The van der Waals surface area contributed by atoms with Gasteiger partial charge in [0.2, 0.25) is 0 Å². The van der Waals surface area contributed by atoms with Crippen molar-refractivity contribution in [3.05, 3.63) is 54.1 Å². The van der Waals surface area contributed by atoms with E-state index in [4.69, 9.17) is 25.7 Å². The van der Waals surface area contributed by atoms with Gasteiger partial charge in [-0.05, 0) is 57.0 Å². The fraction of sp³-hybridized carbons (Fsp3) is 0.435. The van der Waals surface area contributed by atoms with Crippen LogP contribution in [0.2, 0.25) is 0 Å². The molecule has 0 saturated carbocycles. The van der Waals surface area contributed by atoms with E-state index in [1.165, 1.54) is 18.3 Å². The summed E-state index contributed by atoms with van der Waals surface area (Å²) < 4.78 is 28.9. The Labute approximate surface area is 192 Å². The third-order valence-corrected chi connectivity index (χ3v) is 4.62. The number of benzene rings is 1. The number of para-hydroxylation sites is 1. The van der Waals surface area contributed by atoms with E-state index in [1.807, 2.05) is 6.92 Å². The Morgan fingerprint density at radius 2 is 2.00 bits per heavy atom. The molecule has 5 N–H and O–H groups in total. The number of nitrogens with zero attached hydrogens (tertiary/aromatic N) is 1. The van der Waals surface area contributed by atoms with Crippen LogP contribution in [-0.2, 0) is 14.3 Å². The van der Waals surface area contributed by atoms with Crippen molar-refractivity contribution in [3.63, 3.8) is 0 Å². The van der Waals surface area contributed by atoms with Crippen LogP contribution in [0.1, 0.15) is 36.7 Å². The molecule has 3 rings (SSSR count). The molecule has 2 aromatic rings. The summed E-state index contributed by atoms with van der Waals surface area (Å²) in [5.41, 5.74) is 11.0. The van der Waals surface area contributed by atoms with Crippen LogP contribution < -0.4 is 21.5 Å². The van der Waals surface area contributed by atoms with Crippen LogP contribution in [0.15, 0.2) is 42.6 Å². The van der Waals surface area contributed by atoms with Crippen molar-refractivity contribution in [3.8, 4) is 5.75 Å². The second-order valence-electron chi connectivity index (χ2n) is 7.33. The zero-order chi connectivity index (χ0) is 24.1. The van der Waals surface area contributed by atoms with Gasteiger partial charge in [-0.15, -0.1) is 0 Å². The van der Waals surface area contributed by atoms with Gasteiger partial charge in [0.05, 0.1) is 12.7 Å². The van der Waals surface area contributed by atoms with Crippen molar-refractivity contribution in [2.45, 2.75) is 38.4 Å². The number of hydrogen-bond donors (Lipinski definition) is 3. The number of primary amides is 1. The highest BCUT2D eigenvalue weighted by molar-refractivity contribution is 5.96. The van der Waals surface area contributed by atoms with Crippen molar-refractivity contribution < 1.29 is 28.2 Å². The van der Waals surface area contributed by atoms with E-state index in [9.17, 15) is 14.0 Å². The Balaban J connectivity index is 0.000000238. The molecule has 1 aliphatic rings. The van der Waals surface area contributed by atoms with E-state index in [2.05, 4.69) is 10.3 Å². The molecule has 0 spiro atoms. The number of aromatic nitrogens is 1. The van der Waals surface area contributed by atoms with Gasteiger partial charge in [0.25, 0.3) is 11.8 Å². The van der Waals surface area contributed by atoms with Crippen molar-refractivity contribution >= 4 is 17.5 Å². The third-order valence-electron chi connectivity index (χ3n) is 4.62. The first-order valence-corrected chi connectivity index (χ1v) is 10.8. The Morgan fingerprint density at radius 3 is 2.67 bits per heavy atom. The predicted molar refractivity (Wildman–Crippen MR) is 121 cm³/mol. The number of anilines is 1. The monoisotopic (exact) mass is 462 g/mol. The number of carbonyl (C=O) groups excluding carboxylic acids is 2. The number of hydrogen-bond acceptors (Lipinski definition) is 7. The highest BCUT2D eigenvalue weighted by atomic mass is 19.1. The summed E-state index contributed by atoms with van der Waals surface area (Å²) in [6.45, 7) is 3.98. The summed E-state index contributed by atoms with van der Waals surface area (Å²) in [5, 5.41) is 2.69. The molecule has 1 fully saturated rings. The number of nitrogens with two attached hydrogens (primary N) is 2. The number of ether oxygens (including phenoxy) is 3. The maximum absolute atomic E-state index is 13.0. The van der Waals surface area contributed by atoms with Gasteiger partial charge in [-0.1, -0.05) is 12.1 Å². The van der Waals surface area contributed by atoms with Gasteiger partial charge in [0.15, 0.2) is 11.6 Å². The summed E-state index contributed by atoms with van der Waals surface area (Å²) in [4.78, 5) is 26.6. The van der Waals surface area contributed by atoms with Crippen LogP contribution in [0.3, 0.4) is 0 Å². The maximum Gasteiger partial charge on any atom is 0.267 e. The zero-order valence-electron chi connectivity index (χ0n) is 18.7. The lowest BCUT2D eigenvalue weighted by Gasteiger charge is -2.11. The van der Waals surface area contributed by atoms with E-state index < -0.39 is 12.0 Å². The highest BCUT2D eigenvalue weighted by Gasteiger charge is 2.28. The quantitative estimate of drug-likeness (QED) is 0.460. The first-order valence-electron chi connectivity index (χ1n) is 10.8. The number of rotatable bonds is 10. The molecule has 2 atom stereocenters. The van der Waals surface area contributed by atoms with Crippen LogP contribution in [0.25, 0.3) is 0 Å². The van der Waals surface area contributed by atoms with Crippen LogP contribution in [0, 0.1) is 5.82 Å². The average Bonchev–Trinajstić information content (AvgIpc) is 3.24. The minimum Gasteiger partial charge on any atom is -0.488 e. The minimum atomic E-state index is -0.628. The molecule has 1 aromatic heterocycles. The Kier molecular flexibility index (Phi) is 11.2. The molecule has 1 aliphatic heterocycles. The molecular weight excluding hydrogens is 431 g/mol. The number of nitrogens with one attached hydrogen (secondary N) is 1. The van der Waals surface area contributed by atoms with Gasteiger partial charge in [0.1, 0.15) is 18.4 Å². The minimum absolute atomic E-state index is 0.111. The fourth-order valence-corrected chi connectivity index (χ4v) is 2.92. The molecule has 0 bridgehead atoms. The molecule has 0 aliphatic carbocycles. The summed E-state index contributed by atoms with van der Waals surface area (Å²) in [7, 11) is 0. The standard InChI is InChI=1S/C12H15N3O3.C11H16FNO2/c1-7-2-3-10(18-7)12(17)15-8-4-5-14-9(6-8)11(13)16;12-10-4-1-2-5-11(10)15-9-8-14-7-3-6-13/h4-7,10H,2-3H2,1H3,(H2,13,16)(H,14,15,17);1-2,4-5H,3,6-9,13H2. The lowest BCUT2D eigenvalue weighted by Crippen LogP contribution is -2.28. The molecular formula is C23H31FN4O5. The zero-order valence-corrected chi connectivity index (χ0v) is 18.7. The number of carbonyl (C=O) groups is 2. The van der Waals surface area contributed by atoms with Crippen LogP contribution in [-0.4, -0.2) is 55.4 Å². The lowest BCUT2D eigenvalue weighted by molar-refractivity contribution is -0.126. The first-order chi connectivity index (χ1) is 15.9. The van der Waals surface area contributed by atoms with Gasteiger partial charge in [-0.3, -0.25) is 14.6 Å². The summed E-state index contributed by atoms with van der Waals surface area (Å²) in [5.74, 6) is -0.919. The van der Waals surface area contributed by atoms with E-state index in [0.717, 1.165) is 12.8 Å². The molecule has 180 valence electrons. The summed E-state index contributed by atoms with van der Waals surface area (Å²) >= 11 is 0. The molecule has 2 heterocycles. The molecule has 0 radical (unpaired) electrons. The Hall–Kier alpha value is -3.08. The van der Waals surface area contributed by atoms with Gasteiger partial charge < -0.3 is 31.0 Å². The molecule has 9 nitrogen and oxygen atoms in total. The van der Waals surface area contributed by atoms with E-state index >= 15 is 0 Å². The fourth-order valence-electron chi connectivity index (χ4n) is 2.92. The third kappa shape index (κ3) is 9.52. The number of pyridine rings is 1. The maximum atomic E-state index is 13.0. The largest absolute Gasteiger partial charge is 0.488 e. The van der Waals surface area contributed by atoms with Crippen molar-refractivity contribution in [2.75, 3.05) is 31.7 Å². The molecule has 2 unspecified atom stereocenters. The number of amides is 2. The van der Waals surface area contributed by atoms with E-state index in [1.54, 1.807) is 24.3 Å². The second-order valence-corrected chi connectivity index (χ2v) is 7.33. The van der Waals surface area contributed by atoms with Crippen LogP contribution >= 0.6 is 0 Å². The average molecular weight is 463 g/mol. The lowest BCUT2D eigenvalue weighted by atomic mass is 10.2. The molecule has 1 aromatic carbocycles. The number of halogens is 1.